The van der Waals surface area contributed by atoms with Crippen LogP contribution in [0, 0.1) is 17.2 Å². The molecular weight excluding hydrogens is 484 g/mol. The third-order valence-electron chi connectivity index (χ3n) is 5.69. The molecule has 3 rings (SSSR count). The largest absolute Gasteiger partial charge is 0.490 e. The standard InChI is InChI=1S/C22H34FN3O2.HI/c1-4-24-21(25-15-22(9-10-22)11-12-27-3)26-16(2)18-7-8-20(19(23)13-18)28-14-17-5-6-17;/h7-8,13,16-17H,4-6,9-12,14-15H2,1-3H3,(H2,24,25,26);1H. The van der Waals surface area contributed by atoms with Crippen LogP contribution in [0.3, 0.4) is 0 Å². The third-order valence-corrected chi connectivity index (χ3v) is 5.69. The van der Waals surface area contributed by atoms with Crippen molar-refractivity contribution in [1.82, 2.24) is 10.6 Å². The summed E-state index contributed by atoms with van der Waals surface area (Å²) in [6, 6.07) is 5.16. The molecule has 1 unspecified atom stereocenters. The molecule has 0 bridgehead atoms. The molecule has 0 spiro atoms. The molecule has 7 heteroatoms. The van der Waals surface area contributed by atoms with Crippen LogP contribution in [0.1, 0.15) is 57.6 Å². The van der Waals surface area contributed by atoms with Crippen LogP contribution >= 0.6 is 24.0 Å². The molecule has 5 nitrogen and oxygen atoms in total. The molecule has 0 amide bonds. The summed E-state index contributed by atoms with van der Waals surface area (Å²) < 4.78 is 25.2. The third kappa shape index (κ3) is 7.59. The highest BCUT2D eigenvalue weighted by Gasteiger charge is 2.41. The first-order valence-corrected chi connectivity index (χ1v) is 10.5. The zero-order chi connectivity index (χ0) is 20.0. The van der Waals surface area contributed by atoms with E-state index in [4.69, 9.17) is 14.5 Å². The van der Waals surface area contributed by atoms with E-state index in [0.29, 0.717) is 23.7 Å². The van der Waals surface area contributed by atoms with E-state index in [1.54, 1.807) is 19.2 Å². The van der Waals surface area contributed by atoms with Crippen molar-refractivity contribution in [1.29, 1.82) is 0 Å². The summed E-state index contributed by atoms with van der Waals surface area (Å²) in [6.45, 7) is 7.04. The van der Waals surface area contributed by atoms with Gasteiger partial charge in [-0.15, -0.1) is 24.0 Å². The van der Waals surface area contributed by atoms with E-state index in [9.17, 15) is 4.39 Å². The van der Waals surface area contributed by atoms with Crippen LogP contribution in [-0.4, -0.2) is 39.4 Å². The van der Waals surface area contributed by atoms with Crippen LogP contribution in [-0.2, 0) is 4.74 Å². The Hall–Kier alpha value is -1.09. The average Bonchev–Trinajstić information content (AvgIpc) is 3.60. The van der Waals surface area contributed by atoms with Gasteiger partial charge >= 0.3 is 0 Å². The lowest BCUT2D eigenvalue weighted by molar-refractivity contribution is 0.174. The Morgan fingerprint density at radius 1 is 1.34 bits per heavy atom. The number of nitrogens with one attached hydrogen (secondary N) is 2. The highest BCUT2D eigenvalue weighted by molar-refractivity contribution is 14.0. The number of aliphatic imine (C=N–C) groups is 1. The van der Waals surface area contributed by atoms with Crippen molar-refractivity contribution < 1.29 is 13.9 Å². The minimum Gasteiger partial charge on any atom is -0.490 e. The zero-order valence-electron chi connectivity index (χ0n) is 17.8. The summed E-state index contributed by atoms with van der Waals surface area (Å²) >= 11 is 0. The summed E-state index contributed by atoms with van der Waals surface area (Å²) in [6.07, 6.45) is 5.86. The van der Waals surface area contributed by atoms with E-state index in [1.807, 2.05) is 19.9 Å². The Balaban J connectivity index is 0.00000300. The molecule has 1 atom stereocenters. The Morgan fingerprint density at radius 3 is 2.69 bits per heavy atom. The molecule has 164 valence electrons. The summed E-state index contributed by atoms with van der Waals surface area (Å²) in [5.74, 6) is 1.42. The van der Waals surface area contributed by atoms with Crippen molar-refractivity contribution in [3.63, 3.8) is 0 Å². The number of hydrogen-bond acceptors (Lipinski definition) is 3. The first-order chi connectivity index (χ1) is 13.5. The maximum atomic E-state index is 14.4. The first-order valence-electron chi connectivity index (χ1n) is 10.5. The lowest BCUT2D eigenvalue weighted by Gasteiger charge is -2.20. The predicted molar refractivity (Wildman–Crippen MR) is 126 cm³/mol. The van der Waals surface area contributed by atoms with Gasteiger partial charge in [0.25, 0.3) is 0 Å². The molecular formula is C22H35FIN3O2. The summed E-state index contributed by atoms with van der Waals surface area (Å²) in [5.41, 5.74) is 1.18. The number of benzene rings is 1. The van der Waals surface area contributed by atoms with Crippen molar-refractivity contribution in [2.24, 2.45) is 16.3 Å². The number of hydrogen-bond donors (Lipinski definition) is 2. The minimum absolute atomic E-state index is 0. The molecule has 0 radical (unpaired) electrons. The molecule has 2 saturated carbocycles. The Morgan fingerprint density at radius 2 is 2.10 bits per heavy atom. The van der Waals surface area contributed by atoms with E-state index >= 15 is 0 Å². The van der Waals surface area contributed by atoms with E-state index < -0.39 is 0 Å². The van der Waals surface area contributed by atoms with Crippen molar-refractivity contribution in [3.05, 3.63) is 29.6 Å². The van der Waals surface area contributed by atoms with Crippen LogP contribution in [0.5, 0.6) is 5.75 Å². The number of methoxy groups -OCH3 is 1. The first kappa shape index (κ1) is 24.2. The lowest BCUT2D eigenvalue weighted by Crippen LogP contribution is -2.39. The molecule has 0 heterocycles. The summed E-state index contributed by atoms with van der Waals surface area (Å²) in [5, 5.41) is 6.69. The van der Waals surface area contributed by atoms with Gasteiger partial charge in [-0.2, -0.15) is 0 Å². The predicted octanol–water partition coefficient (Wildman–Crippen LogP) is 4.67. The summed E-state index contributed by atoms with van der Waals surface area (Å²) in [4.78, 5) is 4.78. The maximum absolute atomic E-state index is 14.4. The van der Waals surface area contributed by atoms with Gasteiger partial charge in [0.1, 0.15) is 0 Å². The second-order valence-electron chi connectivity index (χ2n) is 8.25. The van der Waals surface area contributed by atoms with E-state index in [0.717, 1.165) is 37.6 Å². The Labute approximate surface area is 191 Å². The van der Waals surface area contributed by atoms with Crippen LogP contribution in [0.2, 0.25) is 0 Å². The molecule has 0 aliphatic heterocycles. The van der Waals surface area contributed by atoms with Crippen LogP contribution in [0.4, 0.5) is 4.39 Å². The second kappa shape index (κ2) is 11.3. The molecule has 2 aliphatic carbocycles. The lowest BCUT2D eigenvalue weighted by atomic mass is 10.0. The van der Waals surface area contributed by atoms with Crippen LogP contribution in [0.15, 0.2) is 23.2 Å². The fourth-order valence-corrected chi connectivity index (χ4v) is 3.23. The van der Waals surface area contributed by atoms with Crippen molar-refractivity contribution in [3.8, 4) is 5.75 Å². The number of halogens is 2. The fraction of sp³-hybridized carbons (Fsp3) is 0.682. The minimum atomic E-state index is -0.301. The van der Waals surface area contributed by atoms with Crippen molar-refractivity contribution >= 4 is 29.9 Å². The molecule has 0 aromatic heterocycles. The number of rotatable bonds is 11. The van der Waals surface area contributed by atoms with Gasteiger partial charge in [0.05, 0.1) is 12.6 Å². The van der Waals surface area contributed by atoms with Crippen molar-refractivity contribution in [2.45, 2.75) is 52.0 Å². The average molecular weight is 519 g/mol. The topological polar surface area (TPSA) is 54.9 Å². The van der Waals surface area contributed by atoms with Gasteiger partial charge in [0.2, 0.25) is 0 Å². The summed E-state index contributed by atoms with van der Waals surface area (Å²) in [7, 11) is 1.74. The molecule has 2 fully saturated rings. The van der Waals surface area contributed by atoms with E-state index in [-0.39, 0.29) is 35.8 Å². The molecule has 0 saturated heterocycles. The number of ether oxygens (including phenoxy) is 2. The van der Waals surface area contributed by atoms with Crippen LogP contribution < -0.4 is 15.4 Å². The molecule has 1 aromatic rings. The quantitative estimate of drug-likeness (QED) is 0.254. The number of nitrogens with zero attached hydrogens (tertiary/aromatic N) is 1. The zero-order valence-corrected chi connectivity index (χ0v) is 20.1. The van der Waals surface area contributed by atoms with E-state index in [2.05, 4.69) is 10.6 Å². The van der Waals surface area contributed by atoms with Gasteiger partial charge in [-0.25, -0.2) is 4.39 Å². The van der Waals surface area contributed by atoms with Gasteiger partial charge in [-0.3, -0.25) is 4.99 Å². The Kier molecular flexibility index (Phi) is 9.46. The smallest absolute Gasteiger partial charge is 0.191 e. The highest BCUT2D eigenvalue weighted by atomic mass is 127. The van der Waals surface area contributed by atoms with Crippen molar-refractivity contribution in [2.75, 3.05) is 33.4 Å². The molecule has 1 aromatic carbocycles. The van der Waals surface area contributed by atoms with Gasteiger partial charge in [0.15, 0.2) is 17.5 Å². The molecule has 29 heavy (non-hydrogen) atoms. The second-order valence-corrected chi connectivity index (χ2v) is 8.25. The Bertz CT molecular complexity index is 678. The van der Waals surface area contributed by atoms with Gasteiger partial charge in [0, 0.05) is 26.8 Å². The van der Waals surface area contributed by atoms with Gasteiger partial charge in [-0.1, -0.05) is 6.07 Å². The normalized spacial score (nSPS) is 18.6. The van der Waals surface area contributed by atoms with Gasteiger partial charge < -0.3 is 20.1 Å². The molecule has 2 N–H and O–H groups in total. The van der Waals surface area contributed by atoms with E-state index in [1.165, 1.54) is 25.7 Å². The van der Waals surface area contributed by atoms with Crippen LogP contribution in [0.25, 0.3) is 0 Å². The fourth-order valence-electron chi connectivity index (χ4n) is 3.23. The highest BCUT2D eigenvalue weighted by Crippen LogP contribution is 2.49. The monoisotopic (exact) mass is 519 g/mol. The SMILES string of the molecule is CCNC(=NCC1(CCOC)CC1)NC(C)c1ccc(OCC2CC2)c(F)c1.I. The number of guanidine groups is 1. The van der Waals surface area contributed by atoms with Gasteiger partial charge in [-0.05, 0) is 75.0 Å². The maximum Gasteiger partial charge on any atom is 0.191 e. The molecule has 2 aliphatic rings.